The van der Waals surface area contributed by atoms with Crippen molar-refractivity contribution in [3.63, 3.8) is 0 Å². The van der Waals surface area contributed by atoms with Gasteiger partial charge in [-0.2, -0.15) is 0 Å². The summed E-state index contributed by atoms with van der Waals surface area (Å²) in [6.07, 6.45) is 2.18. The van der Waals surface area contributed by atoms with Crippen LogP contribution in [0.25, 0.3) is 0 Å². The van der Waals surface area contributed by atoms with Gasteiger partial charge in [0.25, 0.3) is 0 Å². The van der Waals surface area contributed by atoms with Gasteiger partial charge in [-0.3, -0.25) is 4.90 Å². The van der Waals surface area contributed by atoms with Crippen LogP contribution in [0.5, 0.6) is 0 Å². The van der Waals surface area contributed by atoms with E-state index < -0.39 is 0 Å². The summed E-state index contributed by atoms with van der Waals surface area (Å²) in [6, 6.07) is 9.38. The molecule has 0 radical (unpaired) electrons. The van der Waals surface area contributed by atoms with Crippen LogP contribution in [0.2, 0.25) is 0 Å². The SMILES string of the molecule is CCC(N)C(c1ccc(C)cc1)N(CC)CCCN(C)C. The molecule has 1 aromatic carbocycles. The van der Waals surface area contributed by atoms with E-state index in [1.807, 2.05) is 0 Å². The topological polar surface area (TPSA) is 32.5 Å². The zero-order chi connectivity index (χ0) is 15.8. The highest BCUT2D eigenvalue weighted by atomic mass is 15.2. The van der Waals surface area contributed by atoms with E-state index in [4.69, 9.17) is 5.73 Å². The van der Waals surface area contributed by atoms with Crippen molar-refractivity contribution < 1.29 is 0 Å². The van der Waals surface area contributed by atoms with Gasteiger partial charge in [-0.25, -0.2) is 0 Å². The zero-order valence-electron chi connectivity index (χ0n) is 14.5. The van der Waals surface area contributed by atoms with E-state index in [9.17, 15) is 0 Å². The largest absolute Gasteiger partial charge is 0.326 e. The molecule has 0 aliphatic carbocycles. The Bertz CT molecular complexity index is 386. The molecule has 0 saturated carbocycles. The molecular formula is C18H33N3. The Labute approximate surface area is 131 Å². The third-order valence-corrected chi connectivity index (χ3v) is 4.15. The average Bonchev–Trinajstić information content (AvgIpc) is 2.47. The molecule has 2 N–H and O–H groups in total. The summed E-state index contributed by atoms with van der Waals surface area (Å²) in [7, 11) is 4.26. The lowest BCUT2D eigenvalue weighted by molar-refractivity contribution is 0.170. The number of hydrogen-bond donors (Lipinski definition) is 1. The molecule has 1 rings (SSSR count). The van der Waals surface area contributed by atoms with Crippen molar-refractivity contribution in [3.8, 4) is 0 Å². The highest BCUT2D eigenvalue weighted by Crippen LogP contribution is 2.25. The summed E-state index contributed by atoms with van der Waals surface area (Å²) in [6.45, 7) is 9.81. The van der Waals surface area contributed by atoms with Crippen LogP contribution in [0.4, 0.5) is 0 Å². The summed E-state index contributed by atoms with van der Waals surface area (Å²) >= 11 is 0. The highest BCUT2D eigenvalue weighted by molar-refractivity contribution is 5.25. The fourth-order valence-electron chi connectivity index (χ4n) is 2.80. The smallest absolute Gasteiger partial charge is 0.0498 e. The fraction of sp³-hybridized carbons (Fsp3) is 0.667. The van der Waals surface area contributed by atoms with Crippen LogP contribution in [0, 0.1) is 6.92 Å². The Morgan fingerprint density at radius 2 is 1.67 bits per heavy atom. The molecule has 0 fully saturated rings. The Balaban J connectivity index is 2.85. The number of rotatable bonds is 9. The Morgan fingerprint density at radius 3 is 2.14 bits per heavy atom. The molecule has 0 bridgehead atoms. The van der Waals surface area contributed by atoms with Gasteiger partial charge in [0.15, 0.2) is 0 Å². The number of nitrogens with zero attached hydrogens (tertiary/aromatic N) is 2. The van der Waals surface area contributed by atoms with Crippen molar-refractivity contribution in [1.29, 1.82) is 0 Å². The van der Waals surface area contributed by atoms with E-state index >= 15 is 0 Å². The molecule has 0 amide bonds. The summed E-state index contributed by atoms with van der Waals surface area (Å²) in [5, 5.41) is 0. The standard InChI is InChI=1S/C18H33N3/c1-6-17(19)18(16-11-9-15(3)10-12-16)21(7-2)14-8-13-20(4)5/h9-12,17-18H,6-8,13-14,19H2,1-5H3. The van der Waals surface area contributed by atoms with E-state index in [1.54, 1.807) is 0 Å². The van der Waals surface area contributed by atoms with Crippen LogP contribution < -0.4 is 5.73 Å². The van der Waals surface area contributed by atoms with E-state index in [-0.39, 0.29) is 6.04 Å². The van der Waals surface area contributed by atoms with E-state index in [2.05, 4.69) is 68.9 Å². The first-order chi connectivity index (χ1) is 9.99. The average molecular weight is 291 g/mol. The molecule has 0 aliphatic rings. The molecule has 2 unspecified atom stereocenters. The van der Waals surface area contributed by atoms with Crippen LogP contribution in [-0.2, 0) is 0 Å². The number of likely N-dealkylation sites (N-methyl/N-ethyl adjacent to an activating group) is 1. The fourth-order valence-corrected chi connectivity index (χ4v) is 2.80. The lowest BCUT2D eigenvalue weighted by atomic mass is 9.95. The Hall–Kier alpha value is -0.900. The van der Waals surface area contributed by atoms with Crippen LogP contribution in [0.3, 0.4) is 0 Å². The quantitative estimate of drug-likeness (QED) is 0.759. The van der Waals surface area contributed by atoms with Crippen molar-refractivity contribution in [1.82, 2.24) is 9.80 Å². The predicted molar refractivity (Wildman–Crippen MR) is 92.6 cm³/mol. The summed E-state index contributed by atoms with van der Waals surface area (Å²) in [5.74, 6) is 0. The van der Waals surface area contributed by atoms with Gasteiger partial charge >= 0.3 is 0 Å². The minimum Gasteiger partial charge on any atom is -0.326 e. The van der Waals surface area contributed by atoms with Gasteiger partial charge < -0.3 is 10.6 Å². The van der Waals surface area contributed by atoms with Crippen LogP contribution >= 0.6 is 0 Å². The molecule has 3 heteroatoms. The van der Waals surface area contributed by atoms with E-state index in [1.165, 1.54) is 17.5 Å². The first-order valence-electron chi connectivity index (χ1n) is 8.20. The second kappa shape index (κ2) is 9.19. The minimum atomic E-state index is 0.187. The van der Waals surface area contributed by atoms with Crippen molar-refractivity contribution in [2.75, 3.05) is 33.7 Å². The van der Waals surface area contributed by atoms with E-state index in [0.717, 1.165) is 26.1 Å². The van der Waals surface area contributed by atoms with Crippen LogP contribution in [-0.4, -0.2) is 49.6 Å². The maximum atomic E-state index is 6.44. The van der Waals surface area contributed by atoms with Crippen LogP contribution in [0.1, 0.15) is 43.9 Å². The number of hydrogen-bond acceptors (Lipinski definition) is 3. The molecule has 0 aliphatic heterocycles. The molecular weight excluding hydrogens is 258 g/mol. The summed E-state index contributed by atoms with van der Waals surface area (Å²) in [4.78, 5) is 4.77. The monoisotopic (exact) mass is 291 g/mol. The van der Waals surface area contributed by atoms with E-state index in [0.29, 0.717) is 6.04 Å². The Kier molecular flexibility index (Phi) is 7.94. The highest BCUT2D eigenvalue weighted by Gasteiger charge is 2.24. The molecule has 120 valence electrons. The number of benzene rings is 1. The first-order valence-corrected chi connectivity index (χ1v) is 8.20. The van der Waals surface area contributed by atoms with Crippen LogP contribution in [0.15, 0.2) is 24.3 Å². The predicted octanol–water partition coefficient (Wildman–Crippen LogP) is 3.05. The van der Waals surface area contributed by atoms with Crippen molar-refractivity contribution in [3.05, 3.63) is 35.4 Å². The molecule has 2 atom stereocenters. The van der Waals surface area contributed by atoms with Gasteiger partial charge in [0.1, 0.15) is 0 Å². The molecule has 1 aromatic rings. The van der Waals surface area contributed by atoms with Gasteiger partial charge in [0, 0.05) is 18.6 Å². The maximum absolute atomic E-state index is 6.44. The lowest BCUT2D eigenvalue weighted by Crippen LogP contribution is -2.41. The summed E-state index contributed by atoms with van der Waals surface area (Å²) in [5.41, 5.74) is 9.10. The molecule has 0 spiro atoms. The molecule has 0 aromatic heterocycles. The van der Waals surface area contributed by atoms with Crippen molar-refractivity contribution in [2.45, 2.75) is 45.7 Å². The van der Waals surface area contributed by atoms with Gasteiger partial charge in [-0.15, -0.1) is 0 Å². The number of aryl methyl sites for hydroxylation is 1. The van der Waals surface area contributed by atoms with Gasteiger partial charge in [0.2, 0.25) is 0 Å². The minimum absolute atomic E-state index is 0.187. The van der Waals surface area contributed by atoms with Gasteiger partial charge in [0.05, 0.1) is 0 Å². The molecule has 3 nitrogen and oxygen atoms in total. The Morgan fingerprint density at radius 1 is 1.05 bits per heavy atom. The third kappa shape index (κ3) is 5.77. The molecule has 0 heterocycles. The molecule has 21 heavy (non-hydrogen) atoms. The maximum Gasteiger partial charge on any atom is 0.0498 e. The van der Waals surface area contributed by atoms with Crippen molar-refractivity contribution in [2.24, 2.45) is 5.73 Å². The number of nitrogens with two attached hydrogens (primary N) is 1. The second-order valence-electron chi connectivity index (χ2n) is 6.21. The third-order valence-electron chi connectivity index (χ3n) is 4.15. The lowest BCUT2D eigenvalue weighted by Gasteiger charge is -2.35. The van der Waals surface area contributed by atoms with Crippen molar-refractivity contribution >= 4 is 0 Å². The van der Waals surface area contributed by atoms with Gasteiger partial charge in [-0.05, 0) is 52.5 Å². The molecule has 0 saturated heterocycles. The summed E-state index contributed by atoms with van der Waals surface area (Å²) < 4.78 is 0. The second-order valence-corrected chi connectivity index (χ2v) is 6.21. The normalized spacial score (nSPS) is 14.7. The van der Waals surface area contributed by atoms with Gasteiger partial charge in [-0.1, -0.05) is 43.7 Å². The first kappa shape index (κ1) is 18.1. The zero-order valence-corrected chi connectivity index (χ0v) is 14.5.